The van der Waals surface area contributed by atoms with Gasteiger partial charge in [0.25, 0.3) is 0 Å². The van der Waals surface area contributed by atoms with Crippen LogP contribution in [0, 0.1) is 5.92 Å². The molecule has 0 radical (unpaired) electrons. The molecule has 1 aromatic rings. The van der Waals surface area contributed by atoms with E-state index in [-0.39, 0.29) is 12.0 Å². The lowest BCUT2D eigenvalue weighted by molar-refractivity contribution is -0.110. The van der Waals surface area contributed by atoms with E-state index < -0.39 is 12.1 Å². The molecule has 0 aromatic carbocycles. The van der Waals surface area contributed by atoms with E-state index >= 15 is 0 Å². The standard InChI is InChI=1S/C13H19BrN4O3/c1-8(9(7-19)16-13(20)21)6-18-4-2-3-10(18)12-15-5-11(14)17-12/h5,7-10,16H,2-4,6H2,1H3,(H,15,17)(H,20,21). The molecule has 1 aromatic heterocycles. The van der Waals surface area contributed by atoms with Crippen molar-refractivity contribution < 1.29 is 14.7 Å². The van der Waals surface area contributed by atoms with Crippen LogP contribution in [-0.2, 0) is 4.79 Å². The molecule has 0 saturated carbocycles. The monoisotopic (exact) mass is 358 g/mol. The van der Waals surface area contributed by atoms with Crippen molar-refractivity contribution in [3.05, 3.63) is 16.6 Å². The van der Waals surface area contributed by atoms with Gasteiger partial charge < -0.3 is 20.2 Å². The second-order valence-corrected chi connectivity index (χ2v) is 6.21. The SMILES string of the molecule is CC(CN1CCCC1c1ncc(Br)[nH]1)C(C=O)NC(=O)O. The zero-order valence-corrected chi connectivity index (χ0v) is 13.3. The Morgan fingerprint density at radius 3 is 3.10 bits per heavy atom. The maximum absolute atomic E-state index is 11.0. The fourth-order valence-corrected chi connectivity index (χ4v) is 3.08. The summed E-state index contributed by atoms with van der Waals surface area (Å²) >= 11 is 3.35. The molecule has 116 valence electrons. The van der Waals surface area contributed by atoms with E-state index in [0.29, 0.717) is 12.8 Å². The molecule has 1 amide bonds. The number of imidazole rings is 1. The van der Waals surface area contributed by atoms with E-state index in [1.54, 1.807) is 6.20 Å². The lowest BCUT2D eigenvalue weighted by Crippen LogP contribution is -2.44. The van der Waals surface area contributed by atoms with Gasteiger partial charge in [-0.25, -0.2) is 9.78 Å². The quantitative estimate of drug-likeness (QED) is 0.673. The summed E-state index contributed by atoms with van der Waals surface area (Å²) in [6.45, 7) is 3.45. The first-order chi connectivity index (χ1) is 10.0. The summed E-state index contributed by atoms with van der Waals surface area (Å²) in [5.41, 5.74) is 0. The third-order valence-electron chi connectivity index (χ3n) is 3.82. The summed E-state index contributed by atoms with van der Waals surface area (Å²) in [4.78, 5) is 31.5. The van der Waals surface area contributed by atoms with Crippen molar-refractivity contribution >= 4 is 28.3 Å². The van der Waals surface area contributed by atoms with Gasteiger partial charge in [0.05, 0.1) is 18.3 Å². The third kappa shape index (κ3) is 4.04. The van der Waals surface area contributed by atoms with Crippen molar-refractivity contribution in [1.82, 2.24) is 20.2 Å². The Morgan fingerprint density at radius 2 is 2.52 bits per heavy atom. The van der Waals surface area contributed by atoms with Crippen LogP contribution in [-0.4, -0.2) is 51.5 Å². The summed E-state index contributed by atoms with van der Waals surface area (Å²) in [7, 11) is 0. The van der Waals surface area contributed by atoms with E-state index in [9.17, 15) is 9.59 Å². The molecule has 0 bridgehead atoms. The molecule has 1 aliphatic rings. The minimum Gasteiger partial charge on any atom is -0.465 e. The van der Waals surface area contributed by atoms with E-state index in [2.05, 4.69) is 36.1 Å². The number of rotatable bonds is 6. The number of hydrogen-bond acceptors (Lipinski definition) is 4. The molecule has 8 heteroatoms. The molecule has 7 nitrogen and oxygen atoms in total. The van der Waals surface area contributed by atoms with Crippen LogP contribution in [0.2, 0.25) is 0 Å². The predicted molar refractivity (Wildman–Crippen MR) is 80.0 cm³/mol. The van der Waals surface area contributed by atoms with Gasteiger partial charge in [-0.05, 0) is 41.2 Å². The van der Waals surface area contributed by atoms with Crippen molar-refractivity contribution in [3.63, 3.8) is 0 Å². The Bertz CT molecular complexity index is 507. The predicted octanol–water partition coefficient (Wildman–Crippen LogP) is 1.78. The number of amides is 1. The van der Waals surface area contributed by atoms with Gasteiger partial charge in [0, 0.05) is 6.54 Å². The van der Waals surface area contributed by atoms with Gasteiger partial charge in [0.1, 0.15) is 16.7 Å². The van der Waals surface area contributed by atoms with Crippen LogP contribution in [0.5, 0.6) is 0 Å². The second-order valence-electron chi connectivity index (χ2n) is 5.36. The average Bonchev–Trinajstić information content (AvgIpc) is 3.04. The highest BCUT2D eigenvalue weighted by atomic mass is 79.9. The number of carboxylic acid groups (broad SMARTS) is 1. The number of H-pyrrole nitrogens is 1. The van der Waals surface area contributed by atoms with Crippen molar-refractivity contribution in [2.75, 3.05) is 13.1 Å². The highest BCUT2D eigenvalue weighted by Gasteiger charge is 2.31. The summed E-state index contributed by atoms with van der Waals surface area (Å²) in [5.74, 6) is 0.804. The molecular weight excluding hydrogens is 340 g/mol. The van der Waals surface area contributed by atoms with Crippen molar-refractivity contribution in [1.29, 1.82) is 0 Å². The Labute approximate surface area is 131 Å². The normalized spacial score (nSPS) is 21.9. The maximum atomic E-state index is 11.0. The average molecular weight is 359 g/mol. The number of aromatic amines is 1. The maximum Gasteiger partial charge on any atom is 0.405 e. The smallest absolute Gasteiger partial charge is 0.405 e. The van der Waals surface area contributed by atoms with Gasteiger partial charge in [-0.3, -0.25) is 4.90 Å². The number of carbonyl (C=O) groups excluding carboxylic acids is 1. The molecule has 2 rings (SSSR count). The van der Waals surface area contributed by atoms with Crippen molar-refractivity contribution in [3.8, 4) is 0 Å². The molecule has 1 saturated heterocycles. The summed E-state index contributed by atoms with van der Waals surface area (Å²) < 4.78 is 0.843. The molecule has 0 spiro atoms. The fourth-order valence-electron chi connectivity index (χ4n) is 2.77. The number of nitrogens with zero attached hydrogens (tertiary/aromatic N) is 2. The van der Waals surface area contributed by atoms with Crippen LogP contribution >= 0.6 is 15.9 Å². The summed E-state index contributed by atoms with van der Waals surface area (Å²) in [6.07, 6.45) is 3.29. The highest BCUT2D eigenvalue weighted by molar-refractivity contribution is 9.10. The zero-order valence-electron chi connectivity index (χ0n) is 11.8. The van der Waals surface area contributed by atoms with Crippen LogP contribution < -0.4 is 5.32 Å². The van der Waals surface area contributed by atoms with Gasteiger partial charge in [-0.1, -0.05) is 6.92 Å². The van der Waals surface area contributed by atoms with E-state index in [0.717, 1.165) is 29.8 Å². The van der Waals surface area contributed by atoms with Gasteiger partial charge in [-0.2, -0.15) is 0 Å². The Balaban J connectivity index is 2.00. The minimum atomic E-state index is -1.17. The molecule has 1 fully saturated rings. The van der Waals surface area contributed by atoms with Crippen LogP contribution in [0.4, 0.5) is 4.79 Å². The number of aldehydes is 1. The number of aromatic nitrogens is 2. The second kappa shape index (κ2) is 7.04. The van der Waals surface area contributed by atoms with E-state index in [4.69, 9.17) is 5.11 Å². The largest absolute Gasteiger partial charge is 0.465 e. The molecule has 3 N–H and O–H groups in total. The molecule has 1 aliphatic heterocycles. The Hall–Kier alpha value is -1.41. The zero-order chi connectivity index (χ0) is 15.4. The lowest BCUT2D eigenvalue weighted by Gasteiger charge is -2.28. The number of nitrogens with one attached hydrogen (secondary N) is 2. The molecule has 2 heterocycles. The van der Waals surface area contributed by atoms with Crippen LogP contribution in [0.25, 0.3) is 0 Å². The van der Waals surface area contributed by atoms with Gasteiger partial charge in [-0.15, -0.1) is 0 Å². The number of carbonyl (C=O) groups is 2. The minimum absolute atomic E-state index is 0.0994. The number of likely N-dealkylation sites (tertiary alicyclic amines) is 1. The van der Waals surface area contributed by atoms with E-state index in [1.165, 1.54) is 0 Å². The van der Waals surface area contributed by atoms with Crippen molar-refractivity contribution in [2.24, 2.45) is 5.92 Å². The first-order valence-corrected chi connectivity index (χ1v) is 7.69. The molecular formula is C13H19BrN4O3. The van der Waals surface area contributed by atoms with Gasteiger partial charge in [0.15, 0.2) is 0 Å². The van der Waals surface area contributed by atoms with Gasteiger partial charge in [0.2, 0.25) is 0 Å². The fraction of sp³-hybridized carbons (Fsp3) is 0.615. The van der Waals surface area contributed by atoms with Crippen LogP contribution in [0.15, 0.2) is 10.8 Å². The number of hydrogen-bond donors (Lipinski definition) is 3. The number of halogens is 1. The molecule has 0 aliphatic carbocycles. The Kier molecular flexibility index (Phi) is 5.35. The molecule has 3 atom stereocenters. The van der Waals surface area contributed by atoms with Crippen LogP contribution in [0.1, 0.15) is 31.6 Å². The topological polar surface area (TPSA) is 98.3 Å². The van der Waals surface area contributed by atoms with E-state index in [1.807, 2.05) is 6.92 Å². The molecule has 3 unspecified atom stereocenters. The summed E-state index contributed by atoms with van der Waals surface area (Å²) in [5, 5.41) is 11.0. The Morgan fingerprint density at radius 1 is 1.76 bits per heavy atom. The first kappa shape index (κ1) is 16.0. The summed E-state index contributed by atoms with van der Waals surface area (Å²) in [6, 6.07) is -0.497. The van der Waals surface area contributed by atoms with Gasteiger partial charge >= 0.3 is 6.09 Å². The third-order valence-corrected chi connectivity index (χ3v) is 4.22. The molecule has 21 heavy (non-hydrogen) atoms. The lowest BCUT2D eigenvalue weighted by atomic mass is 10.0. The highest BCUT2D eigenvalue weighted by Crippen LogP contribution is 2.31. The van der Waals surface area contributed by atoms with Crippen LogP contribution in [0.3, 0.4) is 0 Å². The first-order valence-electron chi connectivity index (χ1n) is 6.90. The van der Waals surface area contributed by atoms with Crippen molar-refractivity contribution in [2.45, 2.75) is 31.8 Å².